The van der Waals surface area contributed by atoms with Gasteiger partial charge in [0.1, 0.15) is 11.8 Å². The van der Waals surface area contributed by atoms with Crippen LogP contribution in [0.5, 0.6) is 0 Å². The molecule has 1 fully saturated rings. The van der Waals surface area contributed by atoms with Crippen molar-refractivity contribution in [3.8, 4) is 0 Å². The molecule has 0 bridgehead atoms. The molecule has 39 heavy (non-hydrogen) atoms. The zero-order valence-electron chi connectivity index (χ0n) is 20.0. The van der Waals surface area contributed by atoms with Crippen molar-refractivity contribution in [2.45, 2.75) is 22.7 Å². The van der Waals surface area contributed by atoms with Gasteiger partial charge in [0.2, 0.25) is 17.7 Å². The third kappa shape index (κ3) is 4.59. The minimum Gasteiger partial charge on any atom is -0.324 e. The predicted molar refractivity (Wildman–Crippen MR) is 154 cm³/mol. The Labute approximate surface area is 241 Å². The molecule has 7 nitrogen and oxygen atoms in total. The van der Waals surface area contributed by atoms with E-state index in [0.29, 0.717) is 31.3 Å². The van der Waals surface area contributed by atoms with Gasteiger partial charge in [0, 0.05) is 16.5 Å². The van der Waals surface area contributed by atoms with Crippen molar-refractivity contribution in [2.75, 3.05) is 10.2 Å². The molecule has 196 valence electrons. The van der Waals surface area contributed by atoms with Gasteiger partial charge in [-0.2, -0.15) is 0 Å². The van der Waals surface area contributed by atoms with Crippen molar-refractivity contribution in [2.24, 2.45) is 5.92 Å². The fourth-order valence-electron chi connectivity index (χ4n) is 5.02. The van der Waals surface area contributed by atoms with Gasteiger partial charge in [-0.3, -0.25) is 23.7 Å². The predicted octanol–water partition coefficient (Wildman–Crippen LogP) is 5.65. The average Bonchev–Trinajstić information content (AvgIpc) is 3.37. The van der Waals surface area contributed by atoms with E-state index in [1.54, 1.807) is 36.4 Å². The second kappa shape index (κ2) is 10.3. The molecule has 0 aliphatic carbocycles. The minimum atomic E-state index is -0.742. The standard InChI is InChI=1S/C28H19Cl2N3O4S2/c29-18-12-11-16(13-19(18)30)31-20(34)14-32-27-24(39-28(32)37)21(15-7-3-1-4-8-15)22-23(38-27)26(36)33(25(22)35)17-9-5-2-6-10-17/h1-13,21-23H,14H2,(H,31,34)/t21-,22?,23?/m1/s1. The molecule has 3 heterocycles. The summed E-state index contributed by atoms with van der Waals surface area (Å²) in [6.45, 7) is -0.263. The monoisotopic (exact) mass is 595 g/mol. The Hall–Kier alpha value is -3.37. The number of imide groups is 1. The van der Waals surface area contributed by atoms with Crippen LogP contribution in [-0.2, 0) is 20.9 Å². The summed E-state index contributed by atoms with van der Waals surface area (Å²) in [5.41, 5.74) is 1.78. The second-order valence-corrected chi connectivity index (χ2v) is 12.0. The number of halogens is 2. The zero-order chi connectivity index (χ0) is 27.3. The summed E-state index contributed by atoms with van der Waals surface area (Å²) in [7, 11) is 0. The van der Waals surface area contributed by atoms with Crippen molar-refractivity contribution >= 4 is 75.4 Å². The fraction of sp³-hybridized carbons (Fsp3) is 0.143. The van der Waals surface area contributed by atoms with Crippen molar-refractivity contribution in [1.82, 2.24) is 4.57 Å². The Morgan fingerprint density at radius 2 is 1.56 bits per heavy atom. The Morgan fingerprint density at radius 3 is 2.26 bits per heavy atom. The SMILES string of the molecule is O=C(Cn1c2c(sc1=O)[C@H](c1ccccc1)C1C(=O)N(c3ccccc3)C(=O)C1S2)Nc1ccc(Cl)c(Cl)c1. The number of carbonyl (C=O) groups is 3. The molecule has 3 atom stereocenters. The number of rotatable bonds is 5. The van der Waals surface area contributed by atoms with Crippen LogP contribution >= 0.6 is 46.3 Å². The van der Waals surface area contributed by atoms with Crippen LogP contribution in [0.25, 0.3) is 0 Å². The lowest BCUT2D eigenvalue weighted by Crippen LogP contribution is -2.33. The van der Waals surface area contributed by atoms with E-state index in [1.807, 2.05) is 36.4 Å². The summed E-state index contributed by atoms with van der Waals surface area (Å²) in [5.74, 6) is -2.26. The number of hydrogen-bond donors (Lipinski definition) is 1. The van der Waals surface area contributed by atoms with Crippen LogP contribution < -0.4 is 15.1 Å². The lowest BCUT2D eigenvalue weighted by atomic mass is 9.83. The number of fused-ring (bicyclic) bond motifs is 2. The number of hydrogen-bond acceptors (Lipinski definition) is 6. The molecule has 3 aromatic carbocycles. The van der Waals surface area contributed by atoms with Crippen molar-refractivity contribution < 1.29 is 14.4 Å². The molecular formula is C28H19Cl2N3O4S2. The number of aromatic nitrogens is 1. The molecule has 6 rings (SSSR count). The van der Waals surface area contributed by atoms with E-state index in [9.17, 15) is 19.2 Å². The smallest absolute Gasteiger partial charge is 0.308 e. The maximum absolute atomic E-state index is 13.8. The number of nitrogens with one attached hydrogen (secondary N) is 1. The minimum absolute atomic E-state index is 0.263. The Bertz CT molecular complexity index is 1670. The average molecular weight is 597 g/mol. The molecule has 11 heteroatoms. The van der Waals surface area contributed by atoms with Crippen LogP contribution in [0.3, 0.4) is 0 Å². The van der Waals surface area contributed by atoms with Gasteiger partial charge in [-0.15, -0.1) is 0 Å². The highest BCUT2D eigenvalue weighted by Gasteiger charge is 2.56. The van der Waals surface area contributed by atoms with Crippen LogP contribution in [0.4, 0.5) is 11.4 Å². The molecule has 0 spiro atoms. The molecule has 2 aliphatic heterocycles. The van der Waals surface area contributed by atoms with Gasteiger partial charge in [-0.05, 0) is 35.9 Å². The van der Waals surface area contributed by atoms with Gasteiger partial charge < -0.3 is 5.32 Å². The molecule has 3 amide bonds. The summed E-state index contributed by atoms with van der Waals surface area (Å²) in [6, 6.07) is 23.0. The number of thioether (sulfide) groups is 1. The van der Waals surface area contributed by atoms with E-state index >= 15 is 0 Å². The fourth-order valence-corrected chi connectivity index (χ4v) is 8.10. The van der Waals surface area contributed by atoms with Gasteiger partial charge in [-0.25, -0.2) is 4.90 Å². The molecule has 2 aliphatic rings. The number of nitrogens with zero attached hydrogens (tertiary/aromatic N) is 2. The summed E-state index contributed by atoms with van der Waals surface area (Å²) in [5, 5.41) is 3.17. The zero-order valence-corrected chi connectivity index (χ0v) is 23.2. The lowest BCUT2D eigenvalue weighted by Gasteiger charge is -2.30. The molecule has 4 aromatic rings. The van der Waals surface area contributed by atoms with Gasteiger partial charge >= 0.3 is 4.87 Å². The number of amides is 3. The first-order chi connectivity index (χ1) is 18.8. The third-order valence-corrected chi connectivity index (χ3v) is 10.1. The number of para-hydroxylation sites is 1. The van der Waals surface area contributed by atoms with E-state index < -0.39 is 23.0 Å². The van der Waals surface area contributed by atoms with Crippen LogP contribution in [0.1, 0.15) is 16.4 Å². The molecular weight excluding hydrogens is 577 g/mol. The molecule has 2 unspecified atom stereocenters. The van der Waals surface area contributed by atoms with E-state index in [1.165, 1.54) is 27.3 Å². The largest absolute Gasteiger partial charge is 0.324 e. The van der Waals surface area contributed by atoms with Gasteiger partial charge in [0.05, 0.1) is 26.7 Å². The van der Waals surface area contributed by atoms with Crippen molar-refractivity contribution in [3.05, 3.63) is 109 Å². The Balaban J connectivity index is 1.39. The van der Waals surface area contributed by atoms with Crippen LogP contribution in [0.2, 0.25) is 10.0 Å². The van der Waals surface area contributed by atoms with Crippen LogP contribution in [0, 0.1) is 5.92 Å². The van der Waals surface area contributed by atoms with Crippen LogP contribution in [-0.4, -0.2) is 27.5 Å². The molecule has 1 saturated heterocycles. The van der Waals surface area contributed by atoms with Gasteiger partial charge in [-0.1, -0.05) is 94.8 Å². The summed E-state index contributed by atoms with van der Waals surface area (Å²) < 4.78 is 1.38. The summed E-state index contributed by atoms with van der Waals surface area (Å²) in [6.07, 6.45) is 0. The molecule has 0 radical (unpaired) electrons. The highest BCUT2D eigenvalue weighted by atomic mass is 35.5. The Morgan fingerprint density at radius 1 is 0.872 bits per heavy atom. The number of carbonyl (C=O) groups excluding carboxylic acids is 3. The first-order valence-electron chi connectivity index (χ1n) is 12.0. The van der Waals surface area contributed by atoms with Gasteiger partial charge in [0.15, 0.2) is 0 Å². The number of anilines is 2. The van der Waals surface area contributed by atoms with E-state index in [2.05, 4.69) is 5.32 Å². The number of thiazole rings is 1. The molecule has 0 saturated carbocycles. The van der Waals surface area contributed by atoms with Crippen molar-refractivity contribution in [1.29, 1.82) is 0 Å². The maximum atomic E-state index is 13.8. The lowest BCUT2D eigenvalue weighted by molar-refractivity contribution is -0.122. The summed E-state index contributed by atoms with van der Waals surface area (Å²) >= 11 is 14.2. The van der Waals surface area contributed by atoms with Crippen molar-refractivity contribution in [3.63, 3.8) is 0 Å². The normalized spacial score (nSPS) is 20.1. The quantitative estimate of drug-likeness (QED) is 0.301. The first kappa shape index (κ1) is 25.9. The van der Waals surface area contributed by atoms with Crippen LogP contribution in [0.15, 0.2) is 88.7 Å². The van der Waals surface area contributed by atoms with E-state index in [4.69, 9.17) is 23.2 Å². The second-order valence-electron chi connectivity index (χ2n) is 9.10. The highest BCUT2D eigenvalue weighted by molar-refractivity contribution is 8.00. The maximum Gasteiger partial charge on any atom is 0.308 e. The van der Waals surface area contributed by atoms with Gasteiger partial charge in [0.25, 0.3) is 0 Å². The number of benzene rings is 3. The van der Waals surface area contributed by atoms with E-state index in [-0.39, 0.29) is 23.2 Å². The summed E-state index contributed by atoms with van der Waals surface area (Å²) in [4.78, 5) is 55.2. The highest BCUT2D eigenvalue weighted by Crippen LogP contribution is 2.53. The topological polar surface area (TPSA) is 88.5 Å². The Kier molecular flexibility index (Phi) is 6.84. The molecule has 1 aromatic heterocycles. The molecule has 1 N–H and O–H groups in total. The third-order valence-electron chi connectivity index (χ3n) is 6.73. The first-order valence-corrected chi connectivity index (χ1v) is 14.4. The van der Waals surface area contributed by atoms with E-state index in [0.717, 1.165) is 16.9 Å².